The zero-order valence-electron chi connectivity index (χ0n) is 44.7. The molecule has 18 nitrogen and oxygen atoms in total. The molecule has 5 amide bonds. The van der Waals surface area contributed by atoms with Gasteiger partial charge in [-0.25, -0.2) is 14.8 Å². The molecule has 4 heterocycles. The Bertz CT molecular complexity index is 2210. The van der Waals surface area contributed by atoms with Gasteiger partial charge >= 0.3 is 11.9 Å². The number of Topliss-reactive ketones (excluding diaryl/α,β-unsaturated/α-hetero) is 1. The lowest BCUT2D eigenvalue weighted by molar-refractivity contribution is -0.150. The van der Waals surface area contributed by atoms with E-state index in [1.54, 1.807) is 23.4 Å². The number of rotatable bonds is 33. The molecule has 2 aromatic heterocycles. The topological polar surface area (TPSA) is 249 Å². The molecule has 2 aliphatic heterocycles. The molecule has 412 valence electrons. The van der Waals surface area contributed by atoms with E-state index in [0.717, 1.165) is 43.6 Å². The van der Waals surface area contributed by atoms with Crippen molar-refractivity contribution in [1.82, 2.24) is 35.3 Å². The number of likely N-dealkylation sites (N-methyl/N-ethyl adjacent to an activating group) is 1. The third-order valence-corrected chi connectivity index (χ3v) is 18.5. The van der Waals surface area contributed by atoms with E-state index in [-0.39, 0.29) is 96.1 Å². The number of nitrogens with zero attached hydrogens (tertiary/aromatic N) is 5. The molecule has 0 radical (unpaired) electrons. The number of hydrogen-bond donors (Lipinski definition) is 4. The summed E-state index contributed by atoms with van der Waals surface area (Å²) in [7, 11) is 1.95. The lowest BCUT2D eigenvalue weighted by Gasteiger charge is -2.40. The van der Waals surface area contributed by atoms with Crippen molar-refractivity contribution in [1.29, 1.82) is 5.41 Å². The van der Waals surface area contributed by atoms with Crippen LogP contribution in [0.4, 0.5) is 0 Å². The van der Waals surface area contributed by atoms with Gasteiger partial charge in [-0.1, -0.05) is 79.5 Å². The van der Waals surface area contributed by atoms with Crippen LogP contribution in [0, 0.1) is 29.1 Å². The number of imide groups is 1. The van der Waals surface area contributed by atoms with Gasteiger partial charge in [0.1, 0.15) is 27.1 Å². The predicted octanol–water partition coefficient (Wildman–Crippen LogP) is 7.91. The second kappa shape index (κ2) is 31.1. The first kappa shape index (κ1) is 62.3. The molecule has 2 saturated heterocycles. The Balaban J connectivity index is 1.61. The fourth-order valence-electron chi connectivity index (χ4n) is 9.27. The van der Waals surface area contributed by atoms with E-state index in [4.69, 9.17) is 10.1 Å². The second-order valence-corrected chi connectivity index (χ2v) is 24.3. The summed E-state index contributed by atoms with van der Waals surface area (Å²) in [4.78, 5) is 123. The number of aromatic nitrogens is 2. The molecule has 2 aromatic rings. The quantitative estimate of drug-likeness (QED) is 0.0174. The number of unbranched alkanes of at least 4 members (excludes halogenated alkanes) is 1. The number of nitrogens with one attached hydrogen (secondary N) is 3. The van der Waals surface area contributed by atoms with Crippen molar-refractivity contribution >= 4 is 99.2 Å². The Morgan fingerprint density at radius 3 is 2.35 bits per heavy atom. The van der Waals surface area contributed by atoms with Gasteiger partial charge in [0.15, 0.2) is 11.9 Å². The van der Waals surface area contributed by atoms with Crippen LogP contribution in [-0.4, -0.2) is 150 Å². The normalized spacial score (nSPS) is 19.0. The zero-order valence-corrected chi connectivity index (χ0v) is 48.0. The van der Waals surface area contributed by atoms with Gasteiger partial charge in [0.2, 0.25) is 23.6 Å². The summed E-state index contributed by atoms with van der Waals surface area (Å²) < 4.78 is 6.61. The van der Waals surface area contributed by atoms with Crippen LogP contribution in [0.5, 0.6) is 0 Å². The number of likely N-dealkylation sites (tertiary alicyclic amines) is 2. The van der Waals surface area contributed by atoms with Gasteiger partial charge in [0.05, 0.1) is 11.3 Å². The highest BCUT2D eigenvalue weighted by Gasteiger charge is 2.41. The third kappa shape index (κ3) is 18.5. The Morgan fingerprint density at radius 1 is 1.00 bits per heavy atom. The molecule has 2 fully saturated rings. The van der Waals surface area contributed by atoms with E-state index in [1.807, 2.05) is 48.6 Å². The molecular weight excluding hydrogens is 1020 g/mol. The van der Waals surface area contributed by atoms with Gasteiger partial charge in [-0.3, -0.25) is 43.4 Å². The first-order valence-corrected chi connectivity index (χ1v) is 30.0. The summed E-state index contributed by atoms with van der Waals surface area (Å²) in [6, 6.07) is -3.21. The predicted molar refractivity (Wildman–Crippen MR) is 292 cm³/mol. The number of carboxylic acids is 1. The van der Waals surface area contributed by atoms with Gasteiger partial charge in [0.25, 0.3) is 5.91 Å². The molecule has 4 rings (SSSR count). The maximum absolute atomic E-state index is 15.3. The van der Waals surface area contributed by atoms with Crippen LogP contribution in [0.3, 0.4) is 0 Å². The standard InChI is InChI=1S/C52H80N8O10S4/c1-10-32(6)36(26-41(62)39-19-13-14-21-58(39)9)49(66)59(22-15-16-23-60-44(63)28-43(50(60)67)71-24-17-18-35(53)12-3)40(31(4)5)27-42(70-34(8)61)48-56-38(29-73-48)46(64)55-37(30-74-52-54-20-25-72-52)47(65)57-45(51(68)69)33(7)11-2/h20,25,29,31-33,36-37,39-40,42-43,45,53H,10-19,21-24,26-28,30H2,1-9H3,(H,55,64)(H,57,65)(H,68,69)/t32-,33?,36-,37-,39?,40+,42+,43?,45?/m0/s1. The Hall–Kier alpha value is -4.25. The van der Waals surface area contributed by atoms with Crippen LogP contribution >= 0.6 is 46.2 Å². The van der Waals surface area contributed by atoms with Crippen LogP contribution in [0.15, 0.2) is 21.3 Å². The number of ketones is 1. The summed E-state index contributed by atoms with van der Waals surface area (Å²) in [5, 5.41) is 26.3. The first-order chi connectivity index (χ1) is 35.2. The molecule has 4 N–H and O–H groups in total. The molecule has 4 unspecified atom stereocenters. The van der Waals surface area contributed by atoms with Gasteiger partial charge in [0, 0.05) is 79.7 Å². The summed E-state index contributed by atoms with van der Waals surface area (Å²) >= 11 is 5.13. The van der Waals surface area contributed by atoms with Crippen molar-refractivity contribution < 1.29 is 48.2 Å². The Morgan fingerprint density at radius 2 is 1.73 bits per heavy atom. The SMILES string of the molecule is CCC(=N)CCCSC1CC(=O)N(CCCCN(C(=O)[C@@H](CC(=O)C2CCCCN2C)[C@@H](C)CC)[C@H](C[C@@H](OC(C)=O)c2nc(C(=O)N[C@@H](CSc3nccs3)C(=O)NC(C(=O)O)C(C)CC)cs2)C(C)C)C1=O. The number of carbonyl (C=O) groups excluding carboxylic acids is 7. The molecule has 0 bridgehead atoms. The molecule has 0 aromatic carbocycles. The largest absolute Gasteiger partial charge is 0.480 e. The minimum atomic E-state index is -1.20. The van der Waals surface area contributed by atoms with Crippen LogP contribution < -0.4 is 10.6 Å². The Labute approximate surface area is 453 Å². The number of thioether (sulfide) groups is 2. The molecule has 22 heteroatoms. The van der Waals surface area contributed by atoms with Gasteiger partial charge in [-0.2, -0.15) is 0 Å². The highest BCUT2D eigenvalue weighted by molar-refractivity contribution is 8.01. The number of carbonyl (C=O) groups is 8. The average Bonchev–Trinajstić information content (AvgIpc) is 4.14. The smallest absolute Gasteiger partial charge is 0.326 e. The summed E-state index contributed by atoms with van der Waals surface area (Å²) in [6.45, 7) is 15.9. The van der Waals surface area contributed by atoms with Crippen molar-refractivity contribution in [2.45, 2.75) is 179 Å². The molecule has 0 saturated carbocycles. The second-order valence-electron chi connectivity index (χ2n) is 20.0. The van der Waals surface area contributed by atoms with E-state index in [2.05, 4.69) is 25.5 Å². The van der Waals surface area contributed by atoms with Crippen LogP contribution in [-0.2, 0) is 38.3 Å². The van der Waals surface area contributed by atoms with E-state index in [9.17, 15) is 38.7 Å². The summed E-state index contributed by atoms with van der Waals surface area (Å²) in [6.07, 6.45) is 7.64. The van der Waals surface area contributed by atoms with E-state index in [0.29, 0.717) is 54.3 Å². The first-order valence-electron chi connectivity index (χ1n) is 26.2. The highest BCUT2D eigenvalue weighted by atomic mass is 32.2. The maximum atomic E-state index is 15.3. The Kier molecular flexibility index (Phi) is 26.2. The summed E-state index contributed by atoms with van der Waals surface area (Å²) in [5.41, 5.74) is 0.603. The highest BCUT2D eigenvalue weighted by Crippen LogP contribution is 2.34. The van der Waals surface area contributed by atoms with Crippen molar-refractivity contribution in [3.63, 3.8) is 0 Å². The summed E-state index contributed by atoms with van der Waals surface area (Å²) in [5.74, 6) is -4.51. The molecule has 9 atom stereocenters. The fourth-order valence-corrected chi connectivity index (χ4v) is 12.9. The number of esters is 1. The van der Waals surface area contributed by atoms with Crippen LogP contribution in [0.1, 0.15) is 160 Å². The van der Waals surface area contributed by atoms with E-state index in [1.165, 1.54) is 52.1 Å². The van der Waals surface area contributed by atoms with Crippen molar-refractivity contribution in [3.05, 3.63) is 27.7 Å². The van der Waals surface area contributed by atoms with E-state index < -0.39 is 59.2 Å². The number of piperidine rings is 1. The number of amides is 5. The van der Waals surface area contributed by atoms with Crippen LogP contribution in [0.2, 0.25) is 0 Å². The molecular formula is C52H80N8O10S4. The number of hydrogen-bond acceptors (Lipinski definition) is 17. The molecule has 0 aliphatic carbocycles. The molecule has 2 aliphatic rings. The van der Waals surface area contributed by atoms with Gasteiger partial charge < -0.3 is 30.8 Å². The number of thiazole rings is 2. The van der Waals surface area contributed by atoms with Gasteiger partial charge in [-0.05, 0) is 82.0 Å². The fraction of sp³-hybridized carbons (Fsp3) is 0.712. The minimum Gasteiger partial charge on any atom is -0.480 e. The maximum Gasteiger partial charge on any atom is 0.326 e. The van der Waals surface area contributed by atoms with Crippen molar-refractivity contribution in [2.75, 3.05) is 38.2 Å². The van der Waals surface area contributed by atoms with E-state index >= 15 is 4.79 Å². The minimum absolute atomic E-state index is 0.0270. The van der Waals surface area contributed by atoms with Gasteiger partial charge in [-0.15, -0.1) is 34.4 Å². The molecule has 74 heavy (non-hydrogen) atoms. The number of carboxylic acid groups (broad SMARTS) is 1. The van der Waals surface area contributed by atoms with Crippen molar-refractivity contribution in [3.8, 4) is 0 Å². The number of aliphatic carboxylic acids is 1. The number of ether oxygens (including phenoxy) is 1. The third-order valence-electron chi connectivity index (χ3n) is 14.2. The average molecular weight is 1110 g/mol. The lowest BCUT2D eigenvalue weighted by Crippen LogP contribution is -2.54. The van der Waals surface area contributed by atoms with Crippen LogP contribution in [0.25, 0.3) is 0 Å². The van der Waals surface area contributed by atoms with Crippen molar-refractivity contribution in [2.24, 2.45) is 23.7 Å². The zero-order chi connectivity index (χ0) is 54.6. The lowest BCUT2D eigenvalue weighted by atomic mass is 9.82. The molecule has 0 spiro atoms. The monoisotopic (exact) mass is 1100 g/mol.